The van der Waals surface area contributed by atoms with Gasteiger partial charge in [0.25, 0.3) is 0 Å². The average Bonchev–Trinajstić information content (AvgIpc) is 3.12. The van der Waals surface area contributed by atoms with Gasteiger partial charge in [-0.25, -0.2) is 8.78 Å². The summed E-state index contributed by atoms with van der Waals surface area (Å²) in [6, 6.07) is 14.5. The fraction of sp³-hybridized carbons (Fsp3) is 0.0526. The Labute approximate surface area is 176 Å². The summed E-state index contributed by atoms with van der Waals surface area (Å²) in [4.78, 5) is 12.1. The summed E-state index contributed by atoms with van der Waals surface area (Å²) in [6.07, 6.45) is 0. The molecule has 4 aromatic rings. The molecule has 0 aliphatic heterocycles. The molecule has 2 aromatic heterocycles. The summed E-state index contributed by atoms with van der Waals surface area (Å²) >= 11 is 4.54. The monoisotopic (exact) mass is 475 g/mol. The summed E-state index contributed by atoms with van der Waals surface area (Å²) in [5.74, 6) is -2.38. The number of nitrogens with zero attached hydrogens (tertiary/aromatic N) is 4. The highest BCUT2D eigenvalue weighted by Gasteiger charge is 2.12. The Kier molecular flexibility index (Phi) is 5.54. The maximum Gasteiger partial charge on any atom is 0.234 e. The number of nitrogens with one attached hydrogen (secondary N) is 1. The summed E-state index contributed by atoms with van der Waals surface area (Å²) in [5.41, 5.74) is 2.39. The standard InChI is InChI=1S/C19H12BrF2N5OS/c20-12-3-1-11(2-4-12)16-7-8-17-24-25-19(27(17)26-16)29-10-18(28)23-13-5-6-14(21)15(22)9-13/h1-9H,10H2,(H,23,28). The number of hydrogen-bond donors (Lipinski definition) is 1. The van der Waals surface area contributed by atoms with Gasteiger partial charge >= 0.3 is 0 Å². The van der Waals surface area contributed by atoms with Gasteiger partial charge in [-0.05, 0) is 36.4 Å². The van der Waals surface area contributed by atoms with Gasteiger partial charge in [-0.3, -0.25) is 4.79 Å². The van der Waals surface area contributed by atoms with Crippen LogP contribution in [0.15, 0.2) is 64.2 Å². The number of thioether (sulfide) groups is 1. The van der Waals surface area contributed by atoms with Crippen molar-refractivity contribution < 1.29 is 13.6 Å². The lowest BCUT2D eigenvalue weighted by molar-refractivity contribution is -0.113. The molecule has 2 aromatic carbocycles. The molecule has 1 N–H and O–H groups in total. The first-order chi connectivity index (χ1) is 14.0. The van der Waals surface area contributed by atoms with E-state index in [0.717, 1.165) is 39.6 Å². The molecule has 6 nitrogen and oxygen atoms in total. The number of carbonyl (C=O) groups is 1. The molecule has 2 heterocycles. The first-order valence-corrected chi connectivity index (χ1v) is 10.1. The number of rotatable bonds is 5. The van der Waals surface area contributed by atoms with E-state index >= 15 is 0 Å². The quantitative estimate of drug-likeness (QED) is 0.428. The number of fused-ring (bicyclic) bond motifs is 1. The molecule has 0 saturated heterocycles. The molecule has 1 amide bonds. The van der Waals surface area contributed by atoms with Crippen LogP contribution in [0.1, 0.15) is 0 Å². The molecular formula is C19H12BrF2N5OS. The molecular weight excluding hydrogens is 464 g/mol. The van der Waals surface area contributed by atoms with Gasteiger partial charge in [-0.1, -0.05) is 39.8 Å². The number of anilines is 1. The maximum absolute atomic E-state index is 13.2. The largest absolute Gasteiger partial charge is 0.325 e. The van der Waals surface area contributed by atoms with Gasteiger partial charge in [0.05, 0.1) is 11.4 Å². The highest BCUT2D eigenvalue weighted by molar-refractivity contribution is 9.10. The predicted molar refractivity (Wildman–Crippen MR) is 110 cm³/mol. The van der Waals surface area contributed by atoms with Crippen LogP contribution < -0.4 is 5.32 Å². The molecule has 0 aliphatic carbocycles. The van der Waals surface area contributed by atoms with Crippen LogP contribution in [-0.2, 0) is 4.79 Å². The highest BCUT2D eigenvalue weighted by Crippen LogP contribution is 2.22. The van der Waals surface area contributed by atoms with E-state index in [1.54, 1.807) is 10.6 Å². The van der Waals surface area contributed by atoms with Crippen LogP contribution >= 0.6 is 27.7 Å². The average molecular weight is 476 g/mol. The zero-order chi connectivity index (χ0) is 20.4. The van der Waals surface area contributed by atoms with E-state index in [-0.39, 0.29) is 17.3 Å². The van der Waals surface area contributed by atoms with Crippen molar-refractivity contribution in [3.05, 3.63) is 70.7 Å². The molecule has 0 aliphatic rings. The second kappa shape index (κ2) is 8.26. The van der Waals surface area contributed by atoms with E-state index in [1.165, 1.54) is 6.07 Å². The topological polar surface area (TPSA) is 72.2 Å². The molecule has 4 rings (SSSR count). The Morgan fingerprint density at radius 2 is 1.83 bits per heavy atom. The molecule has 29 heavy (non-hydrogen) atoms. The van der Waals surface area contributed by atoms with E-state index in [1.807, 2.05) is 30.3 Å². The van der Waals surface area contributed by atoms with E-state index in [9.17, 15) is 13.6 Å². The molecule has 0 saturated carbocycles. The zero-order valence-electron chi connectivity index (χ0n) is 14.6. The third-order valence-electron chi connectivity index (χ3n) is 3.91. The lowest BCUT2D eigenvalue weighted by Gasteiger charge is -2.05. The second-order valence-electron chi connectivity index (χ2n) is 5.94. The highest BCUT2D eigenvalue weighted by atomic mass is 79.9. The third-order valence-corrected chi connectivity index (χ3v) is 5.36. The lowest BCUT2D eigenvalue weighted by atomic mass is 10.1. The number of carbonyl (C=O) groups excluding carboxylic acids is 1. The minimum atomic E-state index is -1.02. The van der Waals surface area contributed by atoms with E-state index in [4.69, 9.17) is 0 Å². The number of aromatic nitrogens is 4. The second-order valence-corrected chi connectivity index (χ2v) is 7.80. The Morgan fingerprint density at radius 3 is 2.59 bits per heavy atom. The molecule has 0 fully saturated rings. The Bertz CT molecular complexity index is 1200. The van der Waals surface area contributed by atoms with Gasteiger partial charge in [0.2, 0.25) is 11.1 Å². The van der Waals surface area contributed by atoms with Crippen molar-refractivity contribution in [1.82, 2.24) is 19.8 Å². The zero-order valence-corrected chi connectivity index (χ0v) is 17.0. The van der Waals surface area contributed by atoms with E-state index < -0.39 is 11.6 Å². The van der Waals surface area contributed by atoms with Crippen molar-refractivity contribution >= 4 is 44.9 Å². The third kappa shape index (κ3) is 4.43. The van der Waals surface area contributed by atoms with Crippen molar-refractivity contribution in [2.45, 2.75) is 5.16 Å². The summed E-state index contributed by atoms with van der Waals surface area (Å²) in [6.45, 7) is 0. The van der Waals surface area contributed by atoms with Gasteiger partial charge in [0.1, 0.15) is 0 Å². The minimum Gasteiger partial charge on any atom is -0.325 e. The Balaban J connectivity index is 1.48. The summed E-state index contributed by atoms with van der Waals surface area (Å²) in [7, 11) is 0. The molecule has 146 valence electrons. The van der Waals surface area contributed by atoms with Gasteiger partial charge in [-0.15, -0.1) is 10.2 Å². The van der Waals surface area contributed by atoms with Crippen molar-refractivity contribution in [1.29, 1.82) is 0 Å². The van der Waals surface area contributed by atoms with Gasteiger partial charge in [0.15, 0.2) is 17.3 Å². The van der Waals surface area contributed by atoms with Crippen LogP contribution in [0.25, 0.3) is 16.9 Å². The first kappa shape index (κ1) is 19.5. The first-order valence-electron chi connectivity index (χ1n) is 8.36. The van der Waals surface area contributed by atoms with Gasteiger partial charge in [-0.2, -0.15) is 9.61 Å². The molecule has 0 unspecified atom stereocenters. The van der Waals surface area contributed by atoms with Crippen LogP contribution in [0, 0.1) is 11.6 Å². The smallest absolute Gasteiger partial charge is 0.234 e. The minimum absolute atomic E-state index is 0.00395. The van der Waals surface area contributed by atoms with Crippen molar-refractivity contribution in [2.24, 2.45) is 0 Å². The molecule has 0 spiro atoms. The van der Waals surface area contributed by atoms with Gasteiger partial charge in [0, 0.05) is 21.8 Å². The van der Waals surface area contributed by atoms with Crippen LogP contribution in [0.3, 0.4) is 0 Å². The molecule has 10 heteroatoms. The fourth-order valence-corrected chi connectivity index (χ4v) is 3.49. The van der Waals surface area contributed by atoms with E-state index in [2.05, 4.69) is 36.5 Å². The SMILES string of the molecule is O=C(CSc1nnc2ccc(-c3ccc(Br)cc3)nn12)Nc1ccc(F)c(F)c1. The number of halogens is 3. The Morgan fingerprint density at radius 1 is 1.03 bits per heavy atom. The molecule has 0 bridgehead atoms. The van der Waals surface area contributed by atoms with Crippen LogP contribution in [0.4, 0.5) is 14.5 Å². The predicted octanol–water partition coefficient (Wildman–Crippen LogP) is 4.56. The van der Waals surface area contributed by atoms with Gasteiger partial charge < -0.3 is 5.32 Å². The normalized spacial score (nSPS) is 11.0. The summed E-state index contributed by atoms with van der Waals surface area (Å²) in [5, 5.41) is 15.6. The lowest BCUT2D eigenvalue weighted by Crippen LogP contribution is -2.14. The van der Waals surface area contributed by atoms with Crippen molar-refractivity contribution in [3.8, 4) is 11.3 Å². The molecule has 0 atom stereocenters. The van der Waals surface area contributed by atoms with E-state index in [0.29, 0.717) is 10.8 Å². The Hall–Kier alpha value is -2.85. The fourth-order valence-electron chi connectivity index (χ4n) is 2.53. The van der Waals surface area contributed by atoms with Crippen LogP contribution in [0.2, 0.25) is 0 Å². The summed E-state index contributed by atoms with van der Waals surface area (Å²) < 4.78 is 28.8. The van der Waals surface area contributed by atoms with Crippen LogP contribution in [-0.4, -0.2) is 31.5 Å². The number of amides is 1. The van der Waals surface area contributed by atoms with Crippen molar-refractivity contribution in [2.75, 3.05) is 11.1 Å². The number of hydrogen-bond acceptors (Lipinski definition) is 5. The van der Waals surface area contributed by atoms with Crippen molar-refractivity contribution in [3.63, 3.8) is 0 Å². The molecule has 0 radical (unpaired) electrons. The van der Waals surface area contributed by atoms with Crippen LogP contribution in [0.5, 0.6) is 0 Å². The number of benzene rings is 2. The maximum atomic E-state index is 13.2.